The monoisotopic (exact) mass is 509 g/mol. The van der Waals surface area contributed by atoms with E-state index in [-0.39, 0.29) is 6.04 Å². The minimum absolute atomic E-state index is 0.0352. The van der Waals surface area contributed by atoms with Gasteiger partial charge in [-0.2, -0.15) is 14.0 Å². The van der Waals surface area contributed by atoms with Crippen LogP contribution in [0.25, 0.3) is 43.6 Å². The lowest BCUT2D eigenvalue weighted by molar-refractivity contribution is -0.725. The molecule has 6 aromatic rings. The van der Waals surface area contributed by atoms with Crippen molar-refractivity contribution in [1.82, 2.24) is 14.4 Å². The molecule has 0 bridgehead atoms. The maximum Gasteiger partial charge on any atom is 0.212 e. The zero-order valence-corrected chi connectivity index (χ0v) is 21.9. The molecule has 1 atom stereocenters. The zero-order valence-electron chi connectivity index (χ0n) is 21.9. The van der Waals surface area contributed by atoms with Crippen LogP contribution in [-0.2, 0) is 6.42 Å². The van der Waals surface area contributed by atoms with E-state index in [0.29, 0.717) is 0 Å². The van der Waals surface area contributed by atoms with Crippen molar-refractivity contribution >= 4 is 43.6 Å². The molecule has 0 aliphatic carbocycles. The number of aryl methyl sites for hydroxylation is 1. The fraction of sp³-hybridized carbons (Fsp3) is 0.267. The molecule has 8 heteroatoms. The van der Waals surface area contributed by atoms with Crippen LogP contribution in [0.2, 0.25) is 0 Å². The van der Waals surface area contributed by atoms with E-state index in [0.717, 1.165) is 80.1 Å². The van der Waals surface area contributed by atoms with Gasteiger partial charge in [-0.3, -0.25) is 0 Å². The largest absolute Gasteiger partial charge is 0.494 e. The standard InChI is InChI=1S/C30H29N4O4/c1-35-24-16-31-28(30-26(24)18-10-5-8-13-21(18)34(30)38-4)22-14-9-15-23-29-27(25(36-2)17-32(22)23)19-11-6-7-12-20(19)33(29)37-3/h5-8,10-13,16-17,22H,9,14-15H2,1-4H3/q+1. The van der Waals surface area contributed by atoms with Gasteiger partial charge in [-0.05, 0) is 18.6 Å². The van der Waals surface area contributed by atoms with Gasteiger partial charge in [0, 0.05) is 23.6 Å². The molecule has 7 rings (SSSR count). The fourth-order valence-electron chi connectivity index (χ4n) is 6.39. The lowest BCUT2D eigenvalue weighted by Gasteiger charge is -2.22. The molecule has 0 saturated carbocycles. The molecule has 4 aromatic heterocycles. The van der Waals surface area contributed by atoms with Gasteiger partial charge in [0.1, 0.15) is 31.2 Å². The number of rotatable bonds is 5. The summed E-state index contributed by atoms with van der Waals surface area (Å²) in [5.41, 5.74) is 6.08. The van der Waals surface area contributed by atoms with Crippen LogP contribution < -0.4 is 23.7 Å². The fourth-order valence-corrected chi connectivity index (χ4v) is 6.39. The highest BCUT2D eigenvalue weighted by Gasteiger charge is 2.38. The van der Waals surface area contributed by atoms with Crippen molar-refractivity contribution in [2.45, 2.75) is 25.3 Å². The number of ether oxygens (including phenoxy) is 2. The summed E-state index contributed by atoms with van der Waals surface area (Å²) in [6.45, 7) is 0. The van der Waals surface area contributed by atoms with E-state index in [1.54, 1.807) is 28.4 Å². The third-order valence-electron chi connectivity index (χ3n) is 7.91. The topological polar surface area (TPSA) is 63.5 Å². The highest BCUT2D eigenvalue weighted by atomic mass is 16.6. The Bertz CT molecular complexity index is 1870. The second-order valence-corrected chi connectivity index (χ2v) is 9.61. The molecule has 5 heterocycles. The van der Waals surface area contributed by atoms with Crippen LogP contribution in [0.5, 0.6) is 11.5 Å². The van der Waals surface area contributed by atoms with E-state index in [1.807, 2.05) is 33.9 Å². The molecule has 192 valence electrons. The zero-order chi connectivity index (χ0) is 26.0. The van der Waals surface area contributed by atoms with Crippen LogP contribution in [0, 0.1) is 0 Å². The Morgan fingerprint density at radius 1 is 0.789 bits per heavy atom. The van der Waals surface area contributed by atoms with Crippen molar-refractivity contribution < 1.29 is 23.7 Å². The summed E-state index contributed by atoms with van der Waals surface area (Å²) < 4.78 is 17.9. The second kappa shape index (κ2) is 8.55. The van der Waals surface area contributed by atoms with Crippen LogP contribution in [0.3, 0.4) is 0 Å². The summed E-state index contributed by atoms with van der Waals surface area (Å²) >= 11 is 0. The maximum atomic E-state index is 6.00. The number of aromatic nitrogens is 4. The third kappa shape index (κ3) is 2.91. The van der Waals surface area contributed by atoms with E-state index >= 15 is 0 Å². The number of pyridine rings is 2. The molecule has 0 saturated heterocycles. The van der Waals surface area contributed by atoms with Gasteiger partial charge in [0.15, 0.2) is 11.3 Å². The first-order valence-corrected chi connectivity index (χ1v) is 12.8. The van der Waals surface area contributed by atoms with Gasteiger partial charge in [-0.15, -0.1) is 0 Å². The SMILES string of the molecule is COc1cnc(C2CCCc3c4c(c(OC)c[n+]32)c2ccccc2n4OC)c2c1c1ccccc1n2OC. The summed E-state index contributed by atoms with van der Waals surface area (Å²) in [6.07, 6.45) is 6.83. The van der Waals surface area contributed by atoms with Crippen molar-refractivity contribution in [3.63, 3.8) is 0 Å². The summed E-state index contributed by atoms with van der Waals surface area (Å²) in [6, 6.07) is 16.5. The normalized spacial score (nSPS) is 15.3. The Labute approximate surface area is 219 Å². The van der Waals surface area contributed by atoms with Crippen LogP contribution in [-0.4, -0.2) is 42.9 Å². The van der Waals surface area contributed by atoms with Gasteiger partial charge >= 0.3 is 0 Å². The predicted molar refractivity (Wildman–Crippen MR) is 146 cm³/mol. The third-order valence-corrected chi connectivity index (χ3v) is 7.91. The molecule has 0 N–H and O–H groups in total. The average molecular weight is 510 g/mol. The quantitative estimate of drug-likeness (QED) is 0.317. The minimum atomic E-state index is -0.0352. The van der Waals surface area contributed by atoms with E-state index in [2.05, 4.69) is 41.1 Å². The number of methoxy groups -OCH3 is 2. The Hall–Kier alpha value is -4.46. The molecule has 8 nitrogen and oxygen atoms in total. The minimum Gasteiger partial charge on any atom is -0.494 e. The highest BCUT2D eigenvalue weighted by molar-refractivity contribution is 6.12. The van der Waals surface area contributed by atoms with Gasteiger partial charge < -0.3 is 19.1 Å². The number of hydrogen-bond acceptors (Lipinski definition) is 5. The van der Waals surface area contributed by atoms with Crippen LogP contribution in [0.4, 0.5) is 0 Å². The van der Waals surface area contributed by atoms with Gasteiger partial charge in [-0.25, -0.2) is 4.98 Å². The molecule has 2 aromatic carbocycles. The molecular weight excluding hydrogens is 480 g/mol. The lowest BCUT2D eigenvalue weighted by atomic mass is 9.95. The van der Waals surface area contributed by atoms with E-state index < -0.39 is 0 Å². The Morgan fingerprint density at radius 3 is 2.03 bits per heavy atom. The van der Waals surface area contributed by atoms with Crippen LogP contribution in [0.1, 0.15) is 30.3 Å². The smallest absolute Gasteiger partial charge is 0.212 e. The van der Waals surface area contributed by atoms with Crippen molar-refractivity contribution in [3.05, 3.63) is 72.3 Å². The van der Waals surface area contributed by atoms with Crippen molar-refractivity contribution in [1.29, 1.82) is 0 Å². The molecule has 0 fully saturated rings. The Morgan fingerprint density at radius 2 is 1.39 bits per heavy atom. The van der Waals surface area contributed by atoms with E-state index in [4.69, 9.17) is 24.1 Å². The number of nitrogens with zero attached hydrogens (tertiary/aromatic N) is 4. The highest BCUT2D eigenvalue weighted by Crippen LogP contribution is 2.42. The van der Waals surface area contributed by atoms with E-state index in [9.17, 15) is 0 Å². The Balaban J connectivity index is 1.58. The lowest BCUT2D eigenvalue weighted by Crippen LogP contribution is -2.47. The first kappa shape index (κ1) is 22.7. The molecule has 0 spiro atoms. The number of benzene rings is 2. The molecule has 1 unspecified atom stereocenters. The molecule has 0 radical (unpaired) electrons. The molecular formula is C30H29N4O4+. The van der Waals surface area contributed by atoms with Crippen molar-refractivity contribution in [3.8, 4) is 11.5 Å². The second-order valence-electron chi connectivity index (χ2n) is 9.61. The first-order valence-electron chi connectivity index (χ1n) is 12.8. The predicted octanol–water partition coefficient (Wildman–Crippen LogP) is 4.64. The summed E-state index contributed by atoms with van der Waals surface area (Å²) in [5.74, 6) is 1.53. The maximum absolute atomic E-state index is 6.00. The molecule has 1 aliphatic heterocycles. The van der Waals surface area contributed by atoms with Gasteiger partial charge in [0.25, 0.3) is 0 Å². The number of para-hydroxylation sites is 2. The summed E-state index contributed by atoms with van der Waals surface area (Å²) in [4.78, 5) is 16.9. The molecule has 38 heavy (non-hydrogen) atoms. The summed E-state index contributed by atoms with van der Waals surface area (Å²) in [5, 5.41) is 4.24. The van der Waals surface area contributed by atoms with Crippen LogP contribution >= 0.6 is 0 Å². The van der Waals surface area contributed by atoms with Gasteiger partial charge in [0.05, 0.1) is 42.2 Å². The summed E-state index contributed by atoms with van der Waals surface area (Å²) in [7, 11) is 6.82. The molecule has 1 aliphatic rings. The average Bonchev–Trinajstić information content (AvgIpc) is 3.49. The number of hydrogen-bond donors (Lipinski definition) is 0. The van der Waals surface area contributed by atoms with E-state index in [1.165, 1.54) is 5.69 Å². The van der Waals surface area contributed by atoms with Crippen molar-refractivity contribution in [2.75, 3.05) is 28.4 Å². The molecule has 0 amide bonds. The Kier molecular flexibility index (Phi) is 5.11. The van der Waals surface area contributed by atoms with Crippen LogP contribution in [0.15, 0.2) is 60.9 Å². The van der Waals surface area contributed by atoms with Crippen molar-refractivity contribution in [2.24, 2.45) is 0 Å². The van der Waals surface area contributed by atoms with Gasteiger partial charge in [0.2, 0.25) is 17.9 Å². The first-order chi connectivity index (χ1) is 18.7. The number of fused-ring (bicyclic) bond motifs is 8. The van der Waals surface area contributed by atoms with Gasteiger partial charge in [-0.1, -0.05) is 36.4 Å².